The third kappa shape index (κ3) is 34.2. The van der Waals surface area contributed by atoms with Crippen LogP contribution >= 0.6 is 0 Å². The van der Waals surface area contributed by atoms with E-state index in [9.17, 15) is 129 Å². The molecule has 0 heterocycles. The van der Waals surface area contributed by atoms with Crippen LogP contribution in [0.25, 0.3) is 0 Å². The number of ether oxygens (including phenoxy) is 1. The molecule has 6 amide bonds. The molecule has 738 valence electrons. The summed E-state index contributed by atoms with van der Waals surface area (Å²) in [5.74, 6) is -13.5. The minimum Gasteiger partial charge on any atom is -0.480 e. The molecular formula is C101H84F10N6O24S. The number of hydrogen-bond donors (Lipinski definition) is 12. The van der Waals surface area contributed by atoms with Crippen LogP contribution in [-0.2, 0) is 66.1 Å². The van der Waals surface area contributed by atoms with E-state index in [-0.39, 0.29) is 133 Å². The number of carboxylic acid groups (broad SMARTS) is 6. The summed E-state index contributed by atoms with van der Waals surface area (Å²) in [5.41, 5.74) is -0.458. The van der Waals surface area contributed by atoms with E-state index in [1.807, 2.05) is 0 Å². The largest absolute Gasteiger partial charge is 0.480 e. The number of hydrogen-bond acceptors (Lipinski definition) is 18. The minimum absolute atomic E-state index is 0.00717. The number of nitrogens with one attached hydrogen (secondary N) is 6. The molecular weight excluding hydrogens is 1900 g/mol. The molecule has 0 saturated heterocycles. The van der Waals surface area contributed by atoms with E-state index in [2.05, 4.69) is 36.6 Å². The molecule has 0 fully saturated rings. The number of halogens is 10. The number of alkyl halides is 8. The van der Waals surface area contributed by atoms with Gasteiger partial charge in [-0.1, -0.05) is 158 Å². The Morgan fingerprint density at radius 1 is 0.331 bits per heavy atom. The summed E-state index contributed by atoms with van der Waals surface area (Å²) in [4.78, 5) is 174. The number of aliphatic carboxylic acids is 1. The number of sulfone groups is 1. The minimum atomic E-state index is -4.97. The normalized spacial score (nSPS) is 10.9. The highest BCUT2D eigenvalue weighted by Crippen LogP contribution is 2.37. The molecule has 12 rings (SSSR count). The Labute approximate surface area is 801 Å². The Morgan fingerprint density at radius 3 is 1.09 bits per heavy atom. The van der Waals surface area contributed by atoms with E-state index in [4.69, 9.17) is 25.5 Å². The standard InChI is InChI=1S/C18H13F6NO2.2C17H14FNO4.C17H15NO5.C16H13F2NO4.C16H15NO5S/c1-10(26)14-4-2-3-5-15(14)16(27)25-9-11-6-12(17(19,20)21)8-13(7-11)18(22,23)24;1-10(20)12-4-2-11(3-5-12)9-19-16(21)15-8-13(18)6-7-14(15)17(22)23;1-10(20)15-13(3-2-4-14(15)18)16(21)19-9-11-5-7-12(8-6-11)17(22)23;19-15(12-8-4-5-9-13(12)16(20)21)18-14(17(22)23)10-11-6-2-1-3-7-11;17-16(18)23-13-8-4-1-5-10(13)9-19-14(20)11-6-2-3-7-12(11)15(21)22;1-23(21,22)12-8-6-11(7-9-12)10-17-15(18)13-4-2-3-5-14(13)16(19)20/h2-8H,9H2,1H3,(H,25,27);2*2-8H,9H2,1H3,(H,19,21)(H,22,23);1-9,14H,10H2,(H,18,19)(H,20,21)(H,22,23);1-8,16H,9H2,(H,19,20)(H,21,22);2-9H,10H2,1H3,(H,17,18)(H,19,20). The van der Waals surface area contributed by atoms with E-state index < -0.39 is 147 Å². The summed E-state index contributed by atoms with van der Waals surface area (Å²) in [7, 11) is -3.26. The maximum absolute atomic E-state index is 13.7. The number of Topliss-reactive ketones (excluding diaryl/α,β-unsaturated/α-hetero) is 3. The Morgan fingerprint density at radius 2 is 0.690 bits per heavy atom. The van der Waals surface area contributed by atoms with Crippen molar-refractivity contribution in [3.63, 3.8) is 0 Å². The van der Waals surface area contributed by atoms with Gasteiger partial charge in [-0.2, -0.15) is 35.1 Å². The van der Waals surface area contributed by atoms with Crippen LogP contribution in [0.4, 0.5) is 43.9 Å². The van der Waals surface area contributed by atoms with Gasteiger partial charge < -0.3 is 67.3 Å². The average Bonchev–Trinajstić information content (AvgIpc) is 0.796. The monoisotopic (exact) mass is 1990 g/mol. The average molecular weight is 1990 g/mol. The second-order valence-electron chi connectivity index (χ2n) is 29.9. The van der Waals surface area contributed by atoms with Gasteiger partial charge in [-0.15, -0.1) is 0 Å². The number of carboxylic acids is 6. The molecule has 0 aliphatic rings. The molecule has 1 atom stereocenters. The van der Waals surface area contributed by atoms with Gasteiger partial charge in [-0.3, -0.25) is 43.2 Å². The lowest BCUT2D eigenvalue weighted by Gasteiger charge is -2.15. The van der Waals surface area contributed by atoms with Crippen molar-refractivity contribution in [1.29, 1.82) is 0 Å². The number of aromatic carboxylic acids is 5. The van der Waals surface area contributed by atoms with Crippen LogP contribution in [0.1, 0.15) is 210 Å². The van der Waals surface area contributed by atoms with Crippen molar-refractivity contribution < 1.29 is 160 Å². The number of rotatable bonds is 31. The Kier molecular flexibility index (Phi) is 40.8. The molecule has 0 aliphatic carbocycles. The van der Waals surface area contributed by atoms with Gasteiger partial charge in [-0.25, -0.2) is 46.0 Å². The first-order chi connectivity index (χ1) is 66.9. The Balaban J connectivity index is 0.000000232. The van der Waals surface area contributed by atoms with Gasteiger partial charge in [0.05, 0.1) is 82.8 Å². The molecule has 0 aliphatic heterocycles. The number of carbonyl (C=O) groups is 15. The molecule has 30 nitrogen and oxygen atoms in total. The summed E-state index contributed by atoms with van der Waals surface area (Å²) in [5, 5.41) is 69.2. The summed E-state index contributed by atoms with van der Waals surface area (Å²) in [6.45, 7) is 0.686. The summed E-state index contributed by atoms with van der Waals surface area (Å²) in [6.07, 6.45) is -8.72. The second kappa shape index (κ2) is 52.0. The number of carbonyl (C=O) groups excluding carboxylic acids is 9. The lowest BCUT2D eigenvalue weighted by molar-refractivity contribution is -0.143. The third-order valence-corrected chi connectivity index (χ3v) is 20.8. The molecule has 1 unspecified atom stereocenters. The molecule has 0 radical (unpaired) electrons. The smallest absolute Gasteiger partial charge is 0.416 e. The van der Waals surface area contributed by atoms with Crippen molar-refractivity contribution in [3.05, 3.63) is 413 Å². The number of ketones is 3. The highest BCUT2D eigenvalue weighted by Gasteiger charge is 2.37. The number of para-hydroxylation sites is 1. The van der Waals surface area contributed by atoms with Crippen LogP contribution < -0.4 is 36.6 Å². The molecule has 41 heteroatoms. The lowest BCUT2D eigenvalue weighted by Crippen LogP contribution is -2.42. The number of benzene rings is 12. The van der Waals surface area contributed by atoms with Gasteiger partial charge in [0.1, 0.15) is 23.4 Å². The first kappa shape index (κ1) is 111. The van der Waals surface area contributed by atoms with Gasteiger partial charge in [0, 0.05) is 62.1 Å². The van der Waals surface area contributed by atoms with E-state index in [0.717, 1.165) is 41.6 Å². The van der Waals surface area contributed by atoms with Crippen LogP contribution in [0.15, 0.2) is 284 Å². The van der Waals surface area contributed by atoms with Crippen molar-refractivity contribution in [3.8, 4) is 5.75 Å². The van der Waals surface area contributed by atoms with Crippen LogP contribution in [0.5, 0.6) is 5.75 Å². The Bertz CT molecular complexity index is 6690. The molecule has 0 saturated carbocycles. The molecule has 0 aromatic heterocycles. The zero-order valence-corrected chi connectivity index (χ0v) is 75.5. The molecule has 12 N–H and O–H groups in total. The Hall–Kier alpha value is -17.7. The SMILES string of the molecule is CC(=O)c1c(F)cccc1C(=O)NCc1ccc(C(=O)O)cc1.CC(=O)c1ccc(CNC(=O)c2cc(F)ccc2C(=O)O)cc1.CC(=O)c1ccccc1C(=O)NCc1cc(C(F)(F)F)cc(C(F)(F)F)c1.CS(=O)(=O)c1ccc(CNC(=O)c2ccccc2C(=O)O)cc1.O=C(O)c1ccccc1C(=O)NC(Cc1ccccc1)C(=O)O.O=C(O)c1ccccc1C(=O)NCc1ccccc1OC(F)F. The fourth-order valence-electron chi connectivity index (χ4n) is 12.7. The van der Waals surface area contributed by atoms with Gasteiger partial charge in [0.25, 0.3) is 35.4 Å². The summed E-state index contributed by atoms with van der Waals surface area (Å²) < 4.78 is 156. The van der Waals surface area contributed by atoms with Gasteiger partial charge in [0.2, 0.25) is 0 Å². The topological polar surface area (TPSA) is 493 Å². The van der Waals surface area contributed by atoms with E-state index in [0.29, 0.717) is 34.4 Å². The van der Waals surface area contributed by atoms with Gasteiger partial charge in [-0.05, 0) is 170 Å². The molecule has 12 aromatic rings. The highest BCUT2D eigenvalue weighted by molar-refractivity contribution is 7.90. The van der Waals surface area contributed by atoms with Gasteiger partial charge in [0.15, 0.2) is 27.2 Å². The predicted molar refractivity (Wildman–Crippen MR) is 490 cm³/mol. The molecule has 12 aromatic carbocycles. The van der Waals surface area contributed by atoms with Crippen molar-refractivity contribution >= 4 is 98.4 Å². The molecule has 142 heavy (non-hydrogen) atoms. The zero-order valence-electron chi connectivity index (χ0n) is 74.7. The van der Waals surface area contributed by atoms with Crippen LogP contribution in [0.3, 0.4) is 0 Å². The first-order valence-electron chi connectivity index (χ1n) is 41.3. The van der Waals surface area contributed by atoms with Crippen molar-refractivity contribution in [2.45, 2.75) is 89.8 Å². The fourth-order valence-corrected chi connectivity index (χ4v) is 13.3. The van der Waals surface area contributed by atoms with Crippen LogP contribution in [-0.4, -0.2) is 147 Å². The van der Waals surface area contributed by atoms with Crippen molar-refractivity contribution in [1.82, 2.24) is 31.9 Å². The zero-order chi connectivity index (χ0) is 105. The maximum Gasteiger partial charge on any atom is 0.416 e. The highest BCUT2D eigenvalue weighted by atomic mass is 32.2. The number of amides is 6. The predicted octanol–water partition coefficient (Wildman–Crippen LogP) is 16.6. The molecule has 0 spiro atoms. The van der Waals surface area contributed by atoms with Crippen LogP contribution in [0.2, 0.25) is 0 Å². The van der Waals surface area contributed by atoms with E-state index in [1.165, 1.54) is 160 Å². The first-order valence-corrected chi connectivity index (χ1v) is 43.2. The van der Waals surface area contributed by atoms with E-state index >= 15 is 0 Å². The van der Waals surface area contributed by atoms with Crippen molar-refractivity contribution in [2.75, 3.05) is 6.26 Å². The lowest BCUT2D eigenvalue weighted by atomic mass is 10.0. The van der Waals surface area contributed by atoms with Crippen LogP contribution in [0, 0.1) is 11.6 Å². The van der Waals surface area contributed by atoms with Gasteiger partial charge >= 0.3 is 54.8 Å². The maximum atomic E-state index is 13.7. The quantitative estimate of drug-likeness (QED) is 0.0142. The summed E-state index contributed by atoms with van der Waals surface area (Å²) >= 11 is 0. The third-order valence-electron chi connectivity index (χ3n) is 19.7. The second-order valence-corrected chi connectivity index (χ2v) is 31.9. The van der Waals surface area contributed by atoms with E-state index in [1.54, 1.807) is 97.1 Å². The van der Waals surface area contributed by atoms with Crippen molar-refractivity contribution in [2.24, 2.45) is 0 Å². The fraction of sp³-hybridized carbons (Fsp3) is 0.139. The summed E-state index contributed by atoms with van der Waals surface area (Å²) in [6, 6.07) is 63.4. The molecule has 0 bridgehead atoms.